The van der Waals surface area contributed by atoms with Gasteiger partial charge in [-0.3, -0.25) is 9.59 Å². The monoisotopic (exact) mass is 314 g/mol. The molecule has 0 unspecified atom stereocenters. The van der Waals surface area contributed by atoms with Crippen LogP contribution in [0.5, 0.6) is 0 Å². The van der Waals surface area contributed by atoms with E-state index in [1.807, 2.05) is 0 Å². The van der Waals surface area contributed by atoms with Crippen LogP contribution in [0.2, 0.25) is 0 Å². The molecule has 2 rings (SSSR count). The number of benzene rings is 1. The molecule has 1 aliphatic rings. The Hall–Kier alpha value is -2.39. The van der Waals surface area contributed by atoms with Crippen molar-refractivity contribution in [1.82, 2.24) is 9.80 Å². The fourth-order valence-corrected chi connectivity index (χ4v) is 2.68. The van der Waals surface area contributed by atoms with E-state index in [0.29, 0.717) is 24.3 Å². The topological polar surface area (TPSA) is 67.7 Å². The first-order valence-corrected chi connectivity index (χ1v) is 7.83. The Morgan fingerprint density at radius 1 is 1.26 bits per heavy atom. The second-order valence-electron chi connectivity index (χ2n) is 5.58. The van der Waals surface area contributed by atoms with Crippen LogP contribution in [0.4, 0.5) is 5.69 Å². The molecule has 1 aliphatic heterocycles. The number of rotatable bonds is 4. The highest BCUT2D eigenvalue weighted by Crippen LogP contribution is 2.16. The van der Waals surface area contributed by atoms with Gasteiger partial charge in [-0.2, -0.15) is 5.26 Å². The van der Waals surface area contributed by atoms with E-state index in [-0.39, 0.29) is 18.4 Å². The summed E-state index contributed by atoms with van der Waals surface area (Å²) in [5, 5.41) is 8.98. The lowest BCUT2D eigenvalue weighted by Gasteiger charge is -2.35. The molecular weight excluding hydrogens is 292 g/mol. The van der Waals surface area contributed by atoms with E-state index in [9.17, 15) is 9.59 Å². The van der Waals surface area contributed by atoms with Gasteiger partial charge in [0.2, 0.25) is 11.8 Å². The predicted octanol–water partition coefficient (Wildman–Crippen LogP) is 1.08. The minimum atomic E-state index is -0.208. The van der Waals surface area contributed by atoms with Gasteiger partial charge < -0.3 is 14.7 Å². The molecule has 6 heteroatoms. The molecule has 0 aliphatic carbocycles. The summed E-state index contributed by atoms with van der Waals surface area (Å²) < 4.78 is 0. The van der Waals surface area contributed by atoms with Crippen LogP contribution in [-0.4, -0.2) is 60.9 Å². The standard InChI is InChI=1S/C17H22N4O2/c1-3-19-7-9-20(10-8-19)17(23)13-21(14(2)22)16-6-4-5-15(11-16)12-18/h4-6,11H,3,7-10,13H2,1-2H3. The minimum absolute atomic E-state index is 0.0103. The van der Waals surface area contributed by atoms with Gasteiger partial charge in [-0.05, 0) is 24.7 Å². The second kappa shape index (κ2) is 7.75. The molecule has 1 heterocycles. The molecular formula is C17H22N4O2. The zero-order valence-electron chi connectivity index (χ0n) is 13.7. The van der Waals surface area contributed by atoms with E-state index in [2.05, 4.69) is 17.9 Å². The summed E-state index contributed by atoms with van der Waals surface area (Å²) in [5.74, 6) is -0.265. The Bertz CT molecular complexity index is 615. The summed E-state index contributed by atoms with van der Waals surface area (Å²) in [6.07, 6.45) is 0. The molecule has 1 aromatic rings. The normalized spacial score (nSPS) is 15.1. The molecule has 0 saturated carbocycles. The van der Waals surface area contributed by atoms with Crippen LogP contribution in [0.25, 0.3) is 0 Å². The smallest absolute Gasteiger partial charge is 0.242 e. The van der Waals surface area contributed by atoms with Gasteiger partial charge in [-0.15, -0.1) is 0 Å². The summed E-state index contributed by atoms with van der Waals surface area (Å²) in [5.41, 5.74) is 1.05. The van der Waals surface area contributed by atoms with E-state index in [4.69, 9.17) is 5.26 Å². The van der Waals surface area contributed by atoms with Crippen molar-refractivity contribution >= 4 is 17.5 Å². The average molecular weight is 314 g/mol. The molecule has 122 valence electrons. The third kappa shape index (κ3) is 4.30. The summed E-state index contributed by atoms with van der Waals surface area (Å²) in [6, 6.07) is 8.81. The number of hydrogen-bond donors (Lipinski definition) is 0. The highest BCUT2D eigenvalue weighted by Gasteiger charge is 2.23. The molecule has 2 amide bonds. The van der Waals surface area contributed by atoms with Gasteiger partial charge >= 0.3 is 0 Å². The van der Waals surface area contributed by atoms with Crippen LogP contribution in [0.1, 0.15) is 19.4 Å². The minimum Gasteiger partial charge on any atom is -0.339 e. The van der Waals surface area contributed by atoms with E-state index in [0.717, 1.165) is 19.6 Å². The lowest BCUT2D eigenvalue weighted by atomic mass is 10.2. The van der Waals surface area contributed by atoms with E-state index in [1.165, 1.54) is 11.8 Å². The molecule has 0 N–H and O–H groups in total. The molecule has 1 fully saturated rings. The Balaban J connectivity index is 2.06. The molecule has 0 spiro atoms. The Labute approximate surface area is 136 Å². The van der Waals surface area contributed by atoms with Gasteiger partial charge in [0.15, 0.2) is 0 Å². The Kier molecular flexibility index (Phi) is 5.72. The number of hydrogen-bond acceptors (Lipinski definition) is 4. The van der Waals surface area contributed by atoms with Gasteiger partial charge in [0.25, 0.3) is 0 Å². The lowest BCUT2D eigenvalue weighted by Crippen LogP contribution is -2.51. The number of piperazine rings is 1. The molecule has 6 nitrogen and oxygen atoms in total. The number of carbonyl (C=O) groups is 2. The summed E-state index contributed by atoms with van der Waals surface area (Å²) >= 11 is 0. The first-order chi connectivity index (χ1) is 11.0. The van der Waals surface area contributed by atoms with Crippen LogP contribution in [0.3, 0.4) is 0 Å². The van der Waals surface area contributed by atoms with Crippen molar-refractivity contribution < 1.29 is 9.59 Å². The van der Waals surface area contributed by atoms with Crippen molar-refractivity contribution in [3.05, 3.63) is 29.8 Å². The lowest BCUT2D eigenvalue weighted by molar-refractivity contribution is -0.132. The van der Waals surface area contributed by atoms with Crippen molar-refractivity contribution in [2.24, 2.45) is 0 Å². The van der Waals surface area contributed by atoms with Crippen LogP contribution in [0.15, 0.2) is 24.3 Å². The van der Waals surface area contributed by atoms with Gasteiger partial charge in [-0.25, -0.2) is 0 Å². The van der Waals surface area contributed by atoms with Crippen molar-refractivity contribution in [2.75, 3.05) is 44.2 Å². The van der Waals surface area contributed by atoms with Crippen molar-refractivity contribution in [1.29, 1.82) is 5.26 Å². The van der Waals surface area contributed by atoms with E-state index in [1.54, 1.807) is 29.2 Å². The summed E-state index contributed by atoms with van der Waals surface area (Å²) in [7, 11) is 0. The molecule has 1 saturated heterocycles. The zero-order valence-corrected chi connectivity index (χ0v) is 13.7. The number of nitrogens with zero attached hydrogens (tertiary/aromatic N) is 4. The SMILES string of the molecule is CCN1CCN(C(=O)CN(C(C)=O)c2cccc(C#N)c2)CC1. The predicted molar refractivity (Wildman–Crippen MR) is 87.9 cm³/mol. The number of nitriles is 1. The molecule has 0 radical (unpaired) electrons. The van der Waals surface area contributed by atoms with Gasteiger partial charge in [0.1, 0.15) is 6.54 Å². The molecule has 0 bridgehead atoms. The second-order valence-corrected chi connectivity index (χ2v) is 5.58. The zero-order chi connectivity index (χ0) is 16.8. The third-order valence-corrected chi connectivity index (χ3v) is 4.13. The number of anilines is 1. The highest BCUT2D eigenvalue weighted by atomic mass is 16.2. The molecule has 0 aromatic heterocycles. The number of carbonyl (C=O) groups excluding carboxylic acids is 2. The van der Waals surface area contributed by atoms with Gasteiger partial charge in [0.05, 0.1) is 11.6 Å². The first-order valence-electron chi connectivity index (χ1n) is 7.83. The van der Waals surface area contributed by atoms with Crippen molar-refractivity contribution in [3.63, 3.8) is 0 Å². The quantitative estimate of drug-likeness (QED) is 0.834. The maximum Gasteiger partial charge on any atom is 0.242 e. The van der Waals surface area contributed by atoms with Crippen molar-refractivity contribution in [2.45, 2.75) is 13.8 Å². The van der Waals surface area contributed by atoms with Gasteiger partial charge in [-0.1, -0.05) is 13.0 Å². The van der Waals surface area contributed by atoms with Gasteiger partial charge in [0, 0.05) is 38.8 Å². The van der Waals surface area contributed by atoms with E-state index < -0.39 is 0 Å². The summed E-state index contributed by atoms with van der Waals surface area (Å²) in [4.78, 5) is 29.9. The maximum atomic E-state index is 12.5. The van der Waals surface area contributed by atoms with Crippen molar-refractivity contribution in [3.8, 4) is 6.07 Å². The fraction of sp³-hybridized carbons (Fsp3) is 0.471. The molecule has 23 heavy (non-hydrogen) atoms. The van der Waals surface area contributed by atoms with Crippen LogP contribution in [-0.2, 0) is 9.59 Å². The molecule has 1 aromatic carbocycles. The summed E-state index contributed by atoms with van der Waals surface area (Å²) in [6.45, 7) is 7.66. The van der Waals surface area contributed by atoms with Crippen LogP contribution in [0, 0.1) is 11.3 Å². The largest absolute Gasteiger partial charge is 0.339 e. The van der Waals surface area contributed by atoms with Crippen LogP contribution < -0.4 is 4.90 Å². The first kappa shape index (κ1) is 17.0. The number of likely N-dealkylation sites (N-methyl/N-ethyl adjacent to an activating group) is 1. The highest BCUT2D eigenvalue weighted by molar-refractivity contribution is 5.97. The van der Waals surface area contributed by atoms with E-state index >= 15 is 0 Å². The maximum absolute atomic E-state index is 12.5. The number of amides is 2. The Morgan fingerprint density at radius 3 is 2.52 bits per heavy atom. The Morgan fingerprint density at radius 2 is 1.96 bits per heavy atom. The fourth-order valence-electron chi connectivity index (χ4n) is 2.68. The molecule has 0 atom stereocenters. The third-order valence-electron chi connectivity index (χ3n) is 4.13. The van der Waals surface area contributed by atoms with Crippen LogP contribution >= 0.6 is 0 Å². The average Bonchev–Trinajstić information content (AvgIpc) is 2.59.